The zero-order chi connectivity index (χ0) is 17.5. The molecular formula is C16H16BrN3O3S. The Morgan fingerprint density at radius 1 is 1.25 bits per heavy atom. The van der Waals surface area contributed by atoms with Crippen LogP contribution in [0.2, 0.25) is 0 Å². The van der Waals surface area contributed by atoms with Gasteiger partial charge in [-0.15, -0.1) is 0 Å². The molecule has 2 N–H and O–H groups in total. The van der Waals surface area contributed by atoms with Gasteiger partial charge in [0.25, 0.3) is 5.03 Å². The molecule has 0 saturated heterocycles. The molecule has 0 saturated carbocycles. The van der Waals surface area contributed by atoms with Crippen LogP contribution < -0.4 is 15.4 Å². The second-order valence-electron chi connectivity index (χ2n) is 4.94. The van der Waals surface area contributed by atoms with Gasteiger partial charge in [0.15, 0.2) is 6.20 Å². The summed E-state index contributed by atoms with van der Waals surface area (Å²) in [6.07, 6.45) is 1.37. The number of amides is 2. The summed E-state index contributed by atoms with van der Waals surface area (Å²) in [5, 5.41) is 17.2. The number of nitrogens with zero attached hydrogens (tertiary/aromatic N) is 1. The van der Waals surface area contributed by atoms with Crippen molar-refractivity contribution in [2.24, 2.45) is 0 Å². The largest absolute Gasteiger partial charge is 0.618 e. The molecule has 0 fully saturated rings. The summed E-state index contributed by atoms with van der Waals surface area (Å²) in [4.78, 5) is 23.7. The Kier molecular flexibility index (Phi) is 6.62. The van der Waals surface area contributed by atoms with Crippen LogP contribution in [0, 0.1) is 12.1 Å². The van der Waals surface area contributed by atoms with Gasteiger partial charge in [0.1, 0.15) is 0 Å². The second kappa shape index (κ2) is 8.70. The highest BCUT2D eigenvalue weighted by Crippen LogP contribution is 2.19. The third-order valence-electron chi connectivity index (χ3n) is 3.05. The minimum Gasteiger partial charge on any atom is -0.618 e. The van der Waals surface area contributed by atoms with E-state index in [1.54, 1.807) is 24.3 Å². The Morgan fingerprint density at radius 3 is 2.75 bits per heavy atom. The van der Waals surface area contributed by atoms with E-state index in [2.05, 4.69) is 26.6 Å². The first-order valence-electron chi connectivity index (χ1n) is 7.09. The van der Waals surface area contributed by atoms with E-state index < -0.39 is 0 Å². The van der Waals surface area contributed by atoms with Crippen LogP contribution in [0.4, 0.5) is 5.69 Å². The van der Waals surface area contributed by atoms with Gasteiger partial charge < -0.3 is 15.8 Å². The van der Waals surface area contributed by atoms with Crippen LogP contribution in [0.15, 0.2) is 52.1 Å². The summed E-state index contributed by atoms with van der Waals surface area (Å²) in [6.45, 7) is 1.76. The minimum atomic E-state index is -0.313. The fourth-order valence-electron chi connectivity index (χ4n) is 1.86. The minimum absolute atomic E-state index is 0.0663. The van der Waals surface area contributed by atoms with Crippen molar-refractivity contribution in [2.45, 2.75) is 11.9 Å². The molecule has 2 aromatic rings. The molecule has 0 aliphatic carbocycles. The van der Waals surface area contributed by atoms with Crippen LogP contribution in [0.25, 0.3) is 0 Å². The number of aromatic nitrogens is 1. The van der Waals surface area contributed by atoms with Gasteiger partial charge >= 0.3 is 0 Å². The average Bonchev–Trinajstić information content (AvgIpc) is 2.55. The molecule has 126 valence electrons. The van der Waals surface area contributed by atoms with Crippen molar-refractivity contribution in [3.63, 3.8) is 0 Å². The fraction of sp³-hybridized carbons (Fsp3) is 0.188. The molecule has 0 bridgehead atoms. The molecule has 1 heterocycles. The van der Waals surface area contributed by atoms with Crippen molar-refractivity contribution in [1.29, 1.82) is 0 Å². The first kappa shape index (κ1) is 18.3. The molecular weight excluding hydrogens is 394 g/mol. The Balaban J connectivity index is 1.77. The Bertz CT molecular complexity index is 755. The molecule has 6 nitrogen and oxygen atoms in total. The number of pyridine rings is 1. The number of aryl methyl sites for hydroxylation is 1. The number of hydrogen-bond acceptors (Lipinski definition) is 4. The molecule has 0 spiro atoms. The number of carbonyl (C=O) groups is 2. The van der Waals surface area contributed by atoms with E-state index in [9.17, 15) is 14.8 Å². The second-order valence-corrected chi connectivity index (χ2v) is 6.85. The highest BCUT2D eigenvalue weighted by molar-refractivity contribution is 9.10. The normalized spacial score (nSPS) is 10.2. The number of anilines is 1. The summed E-state index contributed by atoms with van der Waals surface area (Å²) in [5.41, 5.74) is 1.62. The van der Waals surface area contributed by atoms with Crippen LogP contribution in [0.3, 0.4) is 0 Å². The Labute approximate surface area is 152 Å². The van der Waals surface area contributed by atoms with Gasteiger partial charge in [-0.2, -0.15) is 4.73 Å². The van der Waals surface area contributed by atoms with Crippen molar-refractivity contribution in [3.8, 4) is 0 Å². The molecule has 24 heavy (non-hydrogen) atoms. The summed E-state index contributed by atoms with van der Waals surface area (Å²) >= 11 is 4.47. The average molecular weight is 410 g/mol. The first-order chi connectivity index (χ1) is 11.5. The van der Waals surface area contributed by atoms with Gasteiger partial charge in [0, 0.05) is 22.3 Å². The van der Waals surface area contributed by atoms with E-state index in [1.165, 1.54) is 6.20 Å². The third kappa shape index (κ3) is 5.54. The highest BCUT2D eigenvalue weighted by Gasteiger charge is 2.11. The zero-order valence-corrected chi connectivity index (χ0v) is 15.3. The van der Waals surface area contributed by atoms with E-state index in [-0.39, 0.29) is 24.1 Å². The highest BCUT2D eigenvalue weighted by atomic mass is 79.9. The van der Waals surface area contributed by atoms with Crippen LogP contribution in [-0.2, 0) is 9.59 Å². The third-order valence-corrected chi connectivity index (χ3v) is 4.56. The van der Waals surface area contributed by atoms with Crippen LogP contribution >= 0.6 is 27.7 Å². The van der Waals surface area contributed by atoms with Crippen LogP contribution in [-0.4, -0.2) is 24.1 Å². The summed E-state index contributed by atoms with van der Waals surface area (Å²) < 4.78 is 1.63. The molecule has 1 aromatic heterocycles. The lowest BCUT2D eigenvalue weighted by Crippen LogP contribution is -2.34. The number of hydrogen-bond donors (Lipinski definition) is 2. The van der Waals surface area contributed by atoms with Gasteiger partial charge in [0.05, 0.1) is 12.3 Å². The van der Waals surface area contributed by atoms with E-state index in [0.29, 0.717) is 15.4 Å². The van der Waals surface area contributed by atoms with Gasteiger partial charge in [-0.1, -0.05) is 15.9 Å². The smallest absolute Gasteiger partial charge is 0.251 e. The number of carbonyl (C=O) groups excluding carboxylic acids is 2. The maximum absolute atomic E-state index is 11.9. The lowest BCUT2D eigenvalue weighted by atomic mass is 10.2. The summed E-state index contributed by atoms with van der Waals surface area (Å²) in [7, 11) is 0. The number of rotatable bonds is 6. The number of nitrogens with one attached hydrogen (secondary N) is 2. The number of halogens is 1. The zero-order valence-electron chi connectivity index (χ0n) is 12.9. The SMILES string of the molecule is Cc1cc(Br)ccc1NC(=O)CNC(=O)CSc1cccc[n+]1[O-]. The van der Waals surface area contributed by atoms with Gasteiger partial charge in [0.2, 0.25) is 11.8 Å². The molecule has 0 unspecified atom stereocenters. The van der Waals surface area contributed by atoms with Crippen molar-refractivity contribution >= 4 is 45.2 Å². The maximum Gasteiger partial charge on any atom is 0.251 e. The molecule has 0 aliphatic rings. The lowest BCUT2D eigenvalue weighted by Gasteiger charge is -2.09. The van der Waals surface area contributed by atoms with E-state index in [1.807, 2.05) is 19.1 Å². The lowest BCUT2D eigenvalue weighted by molar-refractivity contribution is -0.645. The molecule has 8 heteroatoms. The van der Waals surface area contributed by atoms with Crippen molar-refractivity contribution in [3.05, 3.63) is 57.8 Å². The maximum atomic E-state index is 11.9. The Morgan fingerprint density at radius 2 is 2.04 bits per heavy atom. The van der Waals surface area contributed by atoms with Crippen molar-refractivity contribution in [2.75, 3.05) is 17.6 Å². The van der Waals surface area contributed by atoms with E-state index in [0.717, 1.165) is 21.8 Å². The molecule has 2 rings (SSSR count). The topological polar surface area (TPSA) is 85.1 Å². The Hall–Kier alpha value is -2.06. The van der Waals surface area contributed by atoms with Crippen molar-refractivity contribution < 1.29 is 14.3 Å². The molecule has 0 aliphatic heterocycles. The van der Waals surface area contributed by atoms with E-state index >= 15 is 0 Å². The predicted molar refractivity (Wildman–Crippen MR) is 96.6 cm³/mol. The number of thioether (sulfide) groups is 1. The van der Waals surface area contributed by atoms with Gasteiger partial charge in [-0.05, 0) is 48.5 Å². The summed E-state index contributed by atoms with van der Waals surface area (Å²) in [6, 6.07) is 10.5. The molecule has 2 amide bonds. The van der Waals surface area contributed by atoms with E-state index in [4.69, 9.17) is 0 Å². The molecule has 1 aromatic carbocycles. The molecule has 0 radical (unpaired) electrons. The fourth-order valence-corrected chi connectivity index (χ4v) is 3.07. The molecule has 0 atom stereocenters. The monoisotopic (exact) mass is 409 g/mol. The summed E-state index contributed by atoms with van der Waals surface area (Å²) in [5.74, 6) is -0.555. The first-order valence-corrected chi connectivity index (χ1v) is 8.87. The van der Waals surface area contributed by atoms with Gasteiger partial charge in [-0.25, -0.2) is 0 Å². The standard InChI is InChI=1S/C16H16BrN3O3S/c1-11-8-12(17)5-6-13(11)19-14(21)9-18-15(22)10-24-16-4-2-3-7-20(16)23/h2-8H,9-10H2,1H3,(H,18,22)(H,19,21). The van der Waals surface area contributed by atoms with Gasteiger partial charge in [-0.3, -0.25) is 9.59 Å². The quantitative estimate of drug-likeness (QED) is 0.435. The number of benzene rings is 1. The van der Waals surface area contributed by atoms with Crippen LogP contribution in [0.1, 0.15) is 5.56 Å². The predicted octanol–water partition coefficient (Wildman–Crippen LogP) is 2.24. The van der Waals surface area contributed by atoms with Crippen molar-refractivity contribution in [1.82, 2.24) is 5.32 Å². The van der Waals surface area contributed by atoms with Crippen LogP contribution in [0.5, 0.6) is 0 Å².